The van der Waals surface area contributed by atoms with Crippen molar-refractivity contribution in [1.82, 2.24) is 5.32 Å². The third-order valence-electron chi connectivity index (χ3n) is 3.64. The van der Waals surface area contributed by atoms with Gasteiger partial charge in [0.25, 0.3) is 5.91 Å². The summed E-state index contributed by atoms with van der Waals surface area (Å²) in [6, 6.07) is 17.1. The number of aryl methyl sites for hydroxylation is 1. The Morgan fingerprint density at radius 3 is 2.65 bits per heavy atom. The first kappa shape index (κ1) is 15.2. The van der Waals surface area contributed by atoms with E-state index in [2.05, 4.69) is 5.32 Å². The molecule has 4 heteroatoms. The smallest absolute Gasteiger partial charge is 0.258 e. The monoisotopic (exact) mass is 309 g/mol. The molecule has 3 rings (SSSR count). The largest absolute Gasteiger partial charge is 0.484 e. The number of furan rings is 1. The fraction of sp³-hybridized carbons (Fsp3) is 0.211. The van der Waals surface area contributed by atoms with Crippen LogP contribution < -0.4 is 10.1 Å². The Labute approximate surface area is 135 Å². The lowest BCUT2D eigenvalue weighted by molar-refractivity contribution is -0.123. The average molecular weight is 309 g/mol. The van der Waals surface area contributed by atoms with E-state index in [0.717, 1.165) is 22.3 Å². The molecule has 0 aliphatic heterocycles. The van der Waals surface area contributed by atoms with Gasteiger partial charge in [-0.05, 0) is 38.1 Å². The topological polar surface area (TPSA) is 51.5 Å². The van der Waals surface area contributed by atoms with Crippen LogP contribution in [0, 0.1) is 6.92 Å². The highest BCUT2D eigenvalue weighted by atomic mass is 16.5. The Hall–Kier alpha value is -2.75. The van der Waals surface area contributed by atoms with Gasteiger partial charge in [0.05, 0.1) is 6.04 Å². The number of benzene rings is 2. The minimum Gasteiger partial charge on any atom is -0.484 e. The SMILES string of the molecule is Cc1ccc(OCC(=O)NC(C)c2cc3ccccc3o2)cc1. The number of nitrogens with one attached hydrogen (secondary N) is 1. The molecule has 0 radical (unpaired) electrons. The molecule has 0 saturated heterocycles. The van der Waals surface area contributed by atoms with Crippen molar-refractivity contribution in [2.45, 2.75) is 19.9 Å². The number of amides is 1. The van der Waals surface area contributed by atoms with Gasteiger partial charge in [0.15, 0.2) is 6.61 Å². The van der Waals surface area contributed by atoms with Crippen molar-refractivity contribution in [2.24, 2.45) is 0 Å². The average Bonchev–Trinajstić information content (AvgIpc) is 2.98. The highest BCUT2D eigenvalue weighted by molar-refractivity contribution is 5.79. The third-order valence-corrected chi connectivity index (χ3v) is 3.64. The maximum absolute atomic E-state index is 12.0. The van der Waals surface area contributed by atoms with Crippen LogP contribution in [0.25, 0.3) is 11.0 Å². The molecule has 4 nitrogen and oxygen atoms in total. The molecule has 1 heterocycles. The van der Waals surface area contributed by atoms with Crippen LogP contribution in [-0.2, 0) is 4.79 Å². The summed E-state index contributed by atoms with van der Waals surface area (Å²) in [4.78, 5) is 12.0. The van der Waals surface area contributed by atoms with Crippen LogP contribution in [0.3, 0.4) is 0 Å². The molecule has 0 aliphatic rings. The van der Waals surface area contributed by atoms with Crippen LogP contribution in [-0.4, -0.2) is 12.5 Å². The molecule has 1 N–H and O–H groups in total. The molecule has 0 saturated carbocycles. The lowest BCUT2D eigenvalue weighted by Gasteiger charge is -2.12. The van der Waals surface area contributed by atoms with Gasteiger partial charge in [0.2, 0.25) is 0 Å². The van der Waals surface area contributed by atoms with Gasteiger partial charge in [0, 0.05) is 5.39 Å². The molecule has 0 fully saturated rings. The zero-order chi connectivity index (χ0) is 16.2. The van der Waals surface area contributed by atoms with Gasteiger partial charge < -0.3 is 14.5 Å². The Bertz CT molecular complexity index is 772. The summed E-state index contributed by atoms with van der Waals surface area (Å²) in [6.07, 6.45) is 0. The number of ether oxygens (including phenoxy) is 1. The summed E-state index contributed by atoms with van der Waals surface area (Å²) >= 11 is 0. The third kappa shape index (κ3) is 3.72. The maximum Gasteiger partial charge on any atom is 0.258 e. The number of hydrogen-bond acceptors (Lipinski definition) is 3. The van der Waals surface area contributed by atoms with E-state index in [-0.39, 0.29) is 18.6 Å². The standard InChI is InChI=1S/C19H19NO3/c1-13-7-9-16(10-8-13)22-12-19(21)20-14(2)18-11-15-5-3-4-6-17(15)23-18/h3-11,14H,12H2,1-2H3,(H,20,21). The minimum atomic E-state index is -0.212. The maximum atomic E-state index is 12.0. The molecule has 118 valence electrons. The second-order valence-corrected chi connectivity index (χ2v) is 5.58. The van der Waals surface area contributed by atoms with Crippen LogP contribution >= 0.6 is 0 Å². The Kier molecular flexibility index (Phi) is 4.33. The first-order valence-corrected chi connectivity index (χ1v) is 7.59. The number of hydrogen-bond donors (Lipinski definition) is 1. The van der Waals surface area contributed by atoms with Gasteiger partial charge in [-0.25, -0.2) is 0 Å². The van der Waals surface area contributed by atoms with Crippen molar-refractivity contribution >= 4 is 16.9 Å². The van der Waals surface area contributed by atoms with Gasteiger partial charge in [-0.1, -0.05) is 35.9 Å². The first-order valence-electron chi connectivity index (χ1n) is 7.59. The molecule has 0 spiro atoms. The van der Waals surface area contributed by atoms with Crippen molar-refractivity contribution in [3.05, 3.63) is 65.9 Å². The lowest BCUT2D eigenvalue weighted by Crippen LogP contribution is -2.31. The van der Waals surface area contributed by atoms with Crippen LogP contribution in [0.15, 0.2) is 59.0 Å². The number of carbonyl (C=O) groups is 1. The van der Waals surface area contributed by atoms with Crippen molar-refractivity contribution < 1.29 is 13.9 Å². The van der Waals surface area contributed by atoms with Gasteiger partial charge in [-0.2, -0.15) is 0 Å². The zero-order valence-corrected chi connectivity index (χ0v) is 13.2. The highest BCUT2D eigenvalue weighted by Gasteiger charge is 2.14. The summed E-state index contributed by atoms with van der Waals surface area (Å²) in [7, 11) is 0. The number of fused-ring (bicyclic) bond motifs is 1. The number of rotatable bonds is 5. The normalized spacial score (nSPS) is 12.1. The Balaban J connectivity index is 1.57. The van der Waals surface area contributed by atoms with E-state index in [4.69, 9.17) is 9.15 Å². The van der Waals surface area contributed by atoms with Crippen LogP contribution in [0.1, 0.15) is 24.3 Å². The van der Waals surface area contributed by atoms with Crippen molar-refractivity contribution in [3.8, 4) is 5.75 Å². The predicted octanol–water partition coefficient (Wildman–Crippen LogP) is 4.00. The van der Waals surface area contributed by atoms with Crippen molar-refractivity contribution in [3.63, 3.8) is 0 Å². The van der Waals surface area contributed by atoms with E-state index in [9.17, 15) is 4.79 Å². The first-order chi connectivity index (χ1) is 11.1. The van der Waals surface area contributed by atoms with Crippen molar-refractivity contribution in [2.75, 3.05) is 6.61 Å². The molecule has 0 bridgehead atoms. The molecule has 3 aromatic rings. The molecule has 1 atom stereocenters. The van der Waals surface area contributed by atoms with E-state index in [1.54, 1.807) is 0 Å². The highest BCUT2D eigenvalue weighted by Crippen LogP contribution is 2.23. The molecule has 0 aliphatic carbocycles. The molecule has 1 unspecified atom stereocenters. The van der Waals surface area contributed by atoms with Gasteiger partial charge in [-0.15, -0.1) is 0 Å². The van der Waals surface area contributed by atoms with E-state index < -0.39 is 0 Å². The van der Waals surface area contributed by atoms with Crippen LogP contribution in [0.2, 0.25) is 0 Å². The molecule has 2 aromatic carbocycles. The predicted molar refractivity (Wildman–Crippen MR) is 89.4 cm³/mol. The molecule has 1 aromatic heterocycles. The Morgan fingerprint density at radius 1 is 1.17 bits per heavy atom. The number of carbonyl (C=O) groups excluding carboxylic acids is 1. The number of para-hydroxylation sites is 1. The van der Waals surface area contributed by atoms with E-state index in [1.165, 1.54) is 0 Å². The van der Waals surface area contributed by atoms with Gasteiger partial charge in [0.1, 0.15) is 17.1 Å². The summed E-state index contributed by atoms with van der Waals surface area (Å²) in [5, 5.41) is 3.91. The minimum absolute atomic E-state index is 0.0202. The molecular weight excluding hydrogens is 290 g/mol. The second kappa shape index (κ2) is 6.57. The zero-order valence-electron chi connectivity index (χ0n) is 13.2. The van der Waals surface area contributed by atoms with Crippen LogP contribution in [0.5, 0.6) is 5.75 Å². The van der Waals surface area contributed by atoms with Gasteiger partial charge in [-0.3, -0.25) is 4.79 Å². The second-order valence-electron chi connectivity index (χ2n) is 5.58. The van der Waals surface area contributed by atoms with E-state index in [0.29, 0.717) is 5.75 Å². The summed E-state index contributed by atoms with van der Waals surface area (Å²) in [5.41, 5.74) is 1.97. The lowest BCUT2D eigenvalue weighted by atomic mass is 10.2. The molecular formula is C19H19NO3. The summed E-state index contributed by atoms with van der Waals surface area (Å²) < 4.78 is 11.2. The Morgan fingerprint density at radius 2 is 1.91 bits per heavy atom. The fourth-order valence-electron chi connectivity index (χ4n) is 2.35. The molecule has 1 amide bonds. The molecule has 23 heavy (non-hydrogen) atoms. The fourth-order valence-corrected chi connectivity index (χ4v) is 2.35. The van der Waals surface area contributed by atoms with E-state index >= 15 is 0 Å². The summed E-state index contributed by atoms with van der Waals surface area (Å²) in [6.45, 7) is 3.88. The van der Waals surface area contributed by atoms with Gasteiger partial charge >= 0.3 is 0 Å². The van der Waals surface area contributed by atoms with Crippen LogP contribution in [0.4, 0.5) is 0 Å². The van der Waals surface area contributed by atoms with E-state index in [1.807, 2.05) is 68.4 Å². The summed E-state index contributed by atoms with van der Waals surface area (Å²) in [5.74, 6) is 1.23. The quantitative estimate of drug-likeness (QED) is 0.775. The van der Waals surface area contributed by atoms with Crippen molar-refractivity contribution in [1.29, 1.82) is 0 Å².